The molecule has 1 aliphatic heterocycles. The number of pyridine rings is 2. The van der Waals surface area contributed by atoms with Crippen LogP contribution in [0.15, 0.2) is 66.0 Å². The number of nitrogens with zero attached hydrogens (tertiary/aromatic N) is 5. The number of anilines is 3. The second-order valence-corrected chi connectivity index (χ2v) is 10.6. The number of carbonyl (C=O) groups is 3. The quantitative estimate of drug-likeness (QED) is 0.311. The first-order valence-corrected chi connectivity index (χ1v) is 12.5. The van der Waals surface area contributed by atoms with Crippen molar-refractivity contribution < 1.29 is 27.6 Å². The number of hydrogen-bond acceptors (Lipinski definition) is 7. The Balaban J connectivity index is 1.52. The van der Waals surface area contributed by atoms with Crippen LogP contribution in [-0.4, -0.2) is 62.8 Å². The van der Waals surface area contributed by atoms with Gasteiger partial charge in [-0.2, -0.15) is 13.2 Å². The highest BCUT2D eigenvalue weighted by molar-refractivity contribution is 8.00. The lowest BCUT2D eigenvalue weighted by Gasteiger charge is -2.27. The van der Waals surface area contributed by atoms with Crippen molar-refractivity contribution in [2.24, 2.45) is 0 Å². The predicted octanol–water partition coefficient (Wildman–Crippen LogP) is 5.28. The normalized spacial score (nSPS) is 15.1. The van der Waals surface area contributed by atoms with E-state index >= 15 is 0 Å². The van der Waals surface area contributed by atoms with E-state index in [0.717, 1.165) is 4.90 Å². The largest absolute Gasteiger partial charge is 0.446 e. The topological polar surface area (TPSA) is 98.7 Å². The number of alkyl halides is 3. The highest BCUT2D eigenvalue weighted by Gasteiger charge is 2.51. The van der Waals surface area contributed by atoms with Crippen LogP contribution >= 0.6 is 11.8 Å². The molecule has 0 atom stereocenters. The van der Waals surface area contributed by atoms with Crippen molar-refractivity contribution in [1.29, 1.82) is 0 Å². The highest BCUT2D eigenvalue weighted by atomic mass is 32.2. The summed E-state index contributed by atoms with van der Waals surface area (Å²) in [5.74, 6) is -0.260. The summed E-state index contributed by atoms with van der Waals surface area (Å²) >= 11 is -0.273. The first kappa shape index (κ1) is 27.9. The van der Waals surface area contributed by atoms with Gasteiger partial charge in [0.1, 0.15) is 11.4 Å². The van der Waals surface area contributed by atoms with Crippen LogP contribution in [0.3, 0.4) is 0 Å². The smallest absolute Gasteiger partial charge is 0.345 e. The van der Waals surface area contributed by atoms with E-state index in [1.807, 2.05) is 0 Å². The first-order valence-electron chi connectivity index (χ1n) is 11.7. The van der Waals surface area contributed by atoms with E-state index in [1.54, 1.807) is 58.5 Å². The molecule has 39 heavy (non-hydrogen) atoms. The summed E-state index contributed by atoms with van der Waals surface area (Å²) in [4.78, 5) is 50.9. The van der Waals surface area contributed by atoms with Crippen LogP contribution in [0.25, 0.3) is 0 Å². The molecule has 2 aromatic heterocycles. The third kappa shape index (κ3) is 6.14. The van der Waals surface area contributed by atoms with Crippen molar-refractivity contribution in [3.8, 4) is 0 Å². The van der Waals surface area contributed by atoms with Gasteiger partial charge in [-0.15, -0.1) is 0 Å². The minimum absolute atomic E-state index is 0.0508. The van der Waals surface area contributed by atoms with Crippen LogP contribution in [-0.2, 0) is 11.3 Å². The molecule has 0 radical (unpaired) electrons. The molecular weight excluding hydrogens is 533 g/mol. The fourth-order valence-corrected chi connectivity index (χ4v) is 4.52. The Hall–Kier alpha value is -4.13. The summed E-state index contributed by atoms with van der Waals surface area (Å²) in [6.07, 6.45) is 4.55. The standard InChI is InChI=1S/C26H25F3N6O3S/c1-25(2)23(37)35(19-5-7-20(8-6-19)39-26(27,28)29)24(38)34(25)15-16-9-10-31-21(11-16)32-18-12-17(13-30-14-18)22(36)33(3)4/h5-14H,15H2,1-4H3,(H,31,32). The van der Waals surface area contributed by atoms with Crippen molar-refractivity contribution >= 4 is 46.8 Å². The minimum atomic E-state index is -4.44. The molecule has 0 aliphatic carbocycles. The molecule has 3 heterocycles. The number of amides is 4. The fourth-order valence-electron chi connectivity index (χ4n) is 3.98. The molecule has 9 nitrogen and oxygen atoms in total. The lowest BCUT2D eigenvalue weighted by molar-refractivity contribution is -0.123. The number of rotatable bonds is 7. The summed E-state index contributed by atoms with van der Waals surface area (Å²) in [6, 6.07) is 9.55. The second kappa shape index (κ2) is 10.6. The number of nitrogens with one attached hydrogen (secondary N) is 1. The van der Waals surface area contributed by atoms with Gasteiger partial charge in [0.25, 0.3) is 11.8 Å². The van der Waals surface area contributed by atoms with E-state index in [9.17, 15) is 27.6 Å². The van der Waals surface area contributed by atoms with Crippen LogP contribution in [0.4, 0.5) is 35.2 Å². The average Bonchev–Trinajstić information content (AvgIpc) is 3.03. The van der Waals surface area contributed by atoms with Crippen LogP contribution in [0, 0.1) is 0 Å². The maximum atomic E-state index is 13.4. The first-order chi connectivity index (χ1) is 18.3. The van der Waals surface area contributed by atoms with Gasteiger partial charge in [-0.1, -0.05) is 0 Å². The molecule has 1 N–H and O–H groups in total. The summed E-state index contributed by atoms with van der Waals surface area (Å²) < 4.78 is 38.0. The Labute approximate surface area is 227 Å². The molecule has 0 bridgehead atoms. The predicted molar refractivity (Wildman–Crippen MR) is 141 cm³/mol. The van der Waals surface area contributed by atoms with Crippen LogP contribution in [0.2, 0.25) is 0 Å². The Morgan fingerprint density at radius 2 is 1.77 bits per heavy atom. The second-order valence-electron chi connectivity index (χ2n) is 9.45. The number of thioether (sulfide) groups is 1. The zero-order valence-corrected chi connectivity index (χ0v) is 22.3. The van der Waals surface area contributed by atoms with Crippen molar-refractivity contribution in [3.63, 3.8) is 0 Å². The Morgan fingerprint density at radius 1 is 1.08 bits per heavy atom. The molecular formula is C26H25F3N6O3S. The number of imide groups is 1. The molecule has 1 saturated heterocycles. The molecule has 13 heteroatoms. The molecule has 0 spiro atoms. The van der Waals surface area contributed by atoms with Crippen LogP contribution in [0.1, 0.15) is 29.8 Å². The molecule has 204 valence electrons. The van der Waals surface area contributed by atoms with Gasteiger partial charge in [-0.05, 0) is 73.6 Å². The molecule has 3 aromatic rings. The maximum absolute atomic E-state index is 13.4. The molecule has 1 fully saturated rings. The lowest BCUT2D eigenvalue weighted by Crippen LogP contribution is -2.43. The number of halogens is 3. The van der Waals surface area contributed by atoms with Crippen LogP contribution in [0.5, 0.6) is 0 Å². The lowest BCUT2D eigenvalue weighted by atomic mass is 10.0. The van der Waals surface area contributed by atoms with E-state index in [0.29, 0.717) is 22.6 Å². The maximum Gasteiger partial charge on any atom is 0.446 e. The van der Waals surface area contributed by atoms with E-state index in [2.05, 4.69) is 15.3 Å². The summed E-state index contributed by atoms with van der Waals surface area (Å²) in [5.41, 5.74) is -3.86. The van der Waals surface area contributed by atoms with Gasteiger partial charge in [-0.3, -0.25) is 14.6 Å². The van der Waals surface area contributed by atoms with Crippen molar-refractivity contribution in [3.05, 3.63) is 72.2 Å². The van der Waals surface area contributed by atoms with E-state index in [4.69, 9.17) is 0 Å². The zero-order chi connectivity index (χ0) is 28.5. The molecule has 1 aromatic carbocycles. The summed E-state index contributed by atoms with van der Waals surface area (Å²) in [6.45, 7) is 3.30. The van der Waals surface area contributed by atoms with Gasteiger partial charge >= 0.3 is 11.5 Å². The van der Waals surface area contributed by atoms with E-state index in [-0.39, 0.29) is 34.8 Å². The number of urea groups is 1. The average molecular weight is 559 g/mol. The van der Waals surface area contributed by atoms with Crippen molar-refractivity contribution in [1.82, 2.24) is 19.8 Å². The van der Waals surface area contributed by atoms with E-state index < -0.39 is 23.0 Å². The Bertz CT molecular complexity index is 1410. The Morgan fingerprint density at radius 3 is 2.41 bits per heavy atom. The summed E-state index contributed by atoms with van der Waals surface area (Å²) in [7, 11) is 3.28. The fraction of sp³-hybridized carbons (Fsp3) is 0.269. The van der Waals surface area contributed by atoms with Gasteiger partial charge in [0.2, 0.25) is 0 Å². The molecule has 4 rings (SSSR count). The number of hydrogen-bond donors (Lipinski definition) is 1. The van der Waals surface area contributed by atoms with Crippen molar-refractivity contribution in [2.45, 2.75) is 36.3 Å². The summed E-state index contributed by atoms with van der Waals surface area (Å²) in [5, 5.41) is 3.09. The van der Waals surface area contributed by atoms with Gasteiger partial charge < -0.3 is 15.1 Å². The number of aromatic nitrogens is 2. The zero-order valence-electron chi connectivity index (χ0n) is 21.5. The van der Waals surface area contributed by atoms with E-state index in [1.165, 1.54) is 40.3 Å². The number of benzene rings is 1. The monoisotopic (exact) mass is 558 g/mol. The van der Waals surface area contributed by atoms with Crippen molar-refractivity contribution in [2.75, 3.05) is 24.3 Å². The van der Waals surface area contributed by atoms with Crippen LogP contribution < -0.4 is 10.2 Å². The van der Waals surface area contributed by atoms with Gasteiger partial charge in [0.15, 0.2) is 0 Å². The SMILES string of the molecule is CN(C)C(=O)c1cncc(Nc2cc(CN3C(=O)N(c4ccc(SC(F)(F)F)cc4)C(=O)C3(C)C)ccn2)c1. The minimum Gasteiger partial charge on any atom is -0.345 e. The third-order valence-corrected chi connectivity index (χ3v) is 6.72. The van der Waals surface area contributed by atoms with Gasteiger partial charge in [0, 0.05) is 37.9 Å². The van der Waals surface area contributed by atoms with Gasteiger partial charge in [0.05, 0.1) is 23.1 Å². The Kier molecular flexibility index (Phi) is 7.55. The third-order valence-electron chi connectivity index (χ3n) is 5.98. The highest BCUT2D eigenvalue weighted by Crippen LogP contribution is 2.39. The molecule has 0 saturated carbocycles. The number of carbonyl (C=O) groups excluding carboxylic acids is 3. The van der Waals surface area contributed by atoms with Gasteiger partial charge in [-0.25, -0.2) is 14.7 Å². The molecule has 0 unspecified atom stereocenters. The molecule has 4 amide bonds. The molecule has 1 aliphatic rings.